The number of halogens is 2. The minimum absolute atomic E-state index is 0.0890. The van der Waals surface area contributed by atoms with Crippen molar-refractivity contribution in [3.05, 3.63) is 63.9 Å². The molecule has 7 heteroatoms. The van der Waals surface area contributed by atoms with Crippen LogP contribution in [0.1, 0.15) is 29.9 Å². The number of pyridine rings is 1. The van der Waals surface area contributed by atoms with Crippen molar-refractivity contribution in [3.63, 3.8) is 0 Å². The van der Waals surface area contributed by atoms with Gasteiger partial charge >= 0.3 is 0 Å². The quantitative estimate of drug-likeness (QED) is 0.716. The summed E-state index contributed by atoms with van der Waals surface area (Å²) in [4.78, 5) is 21.5. The third-order valence-corrected chi connectivity index (χ3v) is 6.07. The van der Waals surface area contributed by atoms with Gasteiger partial charge in [-0.3, -0.25) is 19.6 Å². The summed E-state index contributed by atoms with van der Waals surface area (Å²) in [5.41, 5.74) is 1.64. The number of carbonyl (C=O) groups excluding carboxylic acids is 1. The van der Waals surface area contributed by atoms with Gasteiger partial charge in [-0.1, -0.05) is 49.2 Å². The lowest BCUT2D eigenvalue weighted by Crippen LogP contribution is -2.52. The van der Waals surface area contributed by atoms with E-state index in [1.54, 1.807) is 12.3 Å². The van der Waals surface area contributed by atoms with Gasteiger partial charge in [0.15, 0.2) is 0 Å². The minimum atomic E-state index is -0.109. The van der Waals surface area contributed by atoms with Crippen molar-refractivity contribution in [2.24, 2.45) is 5.92 Å². The predicted molar refractivity (Wildman–Crippen MR) is 119 cm³/mol. The molecule has 1 atom stereocenters. The van der Waals surface area contributed by atoms with Crippen molar-refractivity contribution in [3.8, 4) is 0 Å². The Morgan fingerprint density at radius 1 is 1.07 bits per heavy atom. The first-order valence-corrected chi connectivity index (χ1v) is 10.8. The van der Waals surface area contributed by atoms with E-state index in [4.69, 9.17) is 23.2 Å². The fourth-order valence-electron chi connectivity index (χ4n) is 3.47. The maximum atomic E-state index is 12.5. The van der Waals surface area contributed by atoms with E-state index < -0.39 is 0 Å². The van der Waals surface area contributed by atoms with Gasteiger partial charge in [-0.05, 0) is 35.7 Å². The van der Waals surface area contributed by atoms with E-state index in [9.17, 15) is 4.79 Å². The van der Waals surface area contributed by atoms with Crippen LogP contribution < -0.4 is 5.32 Å². The molecule has 0 radical (unpaired) electrons. The van der Waals surface area contributed by atoms with E-state index in [-0.39, 0.29) is 11.9 Å². The lowest BCUT2D eigenvalue weighted by atomic mass is 10.0. The fourth-order valence-corrected chi connectivity index (χ4v) is 3.79. The highest BCUT2D eigenvalue weighted by Crippen LogP contribution is 2.23. The summed E-state index contributed by atoms with van der Waals surface area (Å²) in [7, 11) is 0. The zero-order valence-corrected chi connectivity index (χ0v) is 18.5. The molecule has 29 heavy (non-hydrogen) atoms. The Hall–Kier alpha value is -1.66. The molecule has 0 saturated carbocycles. The fraction of sp³-hybridized carbons (Fsp3) is 0.455. The van der Waals surface area contributed by atoms with E-state index in [0.717, 1.165) is 39.3 Å². The predicted octanol–water partition coefficient (Wildman–Crippen LogP) is 3.96. The van der Waals surface area contributed by atoms with E-state index in [1.165, 1.54) is 5.56 Å². The molecule has 0 unspecified atom stereocenters. The van der Waals surface area contributed by atoms with E-state index in [1.807, 2.05) is 30.3 Å². The van der Waals surface area contributed by atoms with Crippen molar-refractivity contribution in [2.75, 3.05) is 32.7 Å². The van der Waals surface area contributed by atoms with Crippen LogP contribution in [0.4, 0.5) is 0 Å². The SMILES string of the molecule is CC(C)[C@H](CN1CCN(Cc2ccc(Cl)c(Cl)c2)CC1)NC(=O)c1ccccn1. The summed E-state index contributed by atoms with van der Waals surface area (Å²) in [6, 6.07) is 11.3. The Balaban J connectivity index is 1.50. The van der Waals surface area contributed by atoms with Crippen LogP contribution >= 0.6 is 23.2 Å². The summed E-state index contributed by atoms with van der Waals surface area (Å²) in [6.45, 7) is 9.92. The molecule has 1 saturated heterocycles. The maximum absolute atomic E-state index is 12.5. The number of amides is 1. The number of carbonyl (C=O) groups is 1. The Bertz CT molecular complexity index is 808. The van der Waals surface area contributed by atoms with Gasteiger partial charge in [-0.25, -0.2) is 0 Å². The smallest absolute Gasteiger partial charge is 0.270 e. The zero-order valence-electron chi connectivity index (χ0n) is 16.9. The number of hydrogen-bond donors (Lipinski definition) is 1. The van der Waals surface area contributed by atoms with Crippen LogP contribution in [0.15, 0.2) is 42.6 Å². The van der Waals surface area contributed by atoms with Gasteiger partial charge in [-0.15, -0.1) is 0 Å². The van der Waals surface area contributed by atoms with Crippen molar-refractivity contribution < 1.29 is 4.79 Å². The van der Waals surface area contributed by atoms with Gasteiger partial charge in [0.1, 0.15) is 5.69 Å². The first-order chi connectivity index (χ1) is 13.9. The number of rotatable bonds is 7. The lowest BCUT2D eigenvalue weighted by molar-refractivity contribution is 0.0857. The first kappa shape index (κ1) is 22.0. The molecule has 0 bridgehead atoms. The van der Waals surface area contributed by atoms with Crippen LogP contribution in [0.2, 0.25) is 10.0 Å². The molecule has 1 N–H and O–H groups in total. The van der Waals surface area contributed by atoms with Crippen LogP contribution in [-0.2, 0) is 6.54 Å². The second kappa shape index (κ2) is 10.4. The first-order valence-electron chi connectivity index (χ1n) is 10.0. The Morgan fingerprint density at radius 3 is 2.41 bits per heavy atom. The Morgan fingerprint density at radius 2 is 1.79 bits per heavy atom. The standard InChI is InChI=1S/C22H28Cl2N4O/c1-16(2)21(26-22(29)20-5-3-4-8-25-20)15-28-11-9-27(10-12-28)14-17-6-7-18(23)19(24)13-17/h3-8,13,16,21H,9-12,14-15H2,1-2H3,(H,26,29)/t21-/m0/s1. The van der Waals surface area contributed by atoms with Gasteiger partial charge in [0.2, 0.25) is 0 Å². The third kappa shape index (κ3) is 6.41. The molecule has 1 aliphatic rings. The van der Waals surface area contributed by atoms with Crippen LogP contribution in [-0.4, -0.2) is 59.5 Å². The Labute approximate surface area is 183 Å². The lowest BCUT2D eigenvalue weighted by Gasteiger charge is -2.37. The molecule has 3 rings (SSSR count). The minimum Gasteiger partial charge on any atom is -0.346 e. The van der Waals surface area contributed by atoms with Crippen molar-refractivity contribution in [1.82, 2.24) is 20.1 Å². The molecule has 156 valence electrons. The van der Waals surface area contributed by atoms with E-state index in [0.29, 0.717) is 21.7 Å². The Kier molecular flexibility index (Phi) is 7.90. The monoisotopic (exact) mass is 434 g/mol. The molecule has 0 aliphatic carbocycles. The summed E-state index contributed by atoms with van der Waals surface area (Å²) >= 11 is 12.1. The molecular weight excluding hydrogens is 407 g/mol. The molecule has 0 spiro atoms. The zero-order chi connectivity index (χ0) is 20.8. The summed E-state index contributed by atoms with van der Waals surface area (Å²) in [5, 5.41) is 4.35. The molecular formula is C22H28Cl2N4O. The van der Waals surface area contributed by atoms with Crippen LogP contribution in [0, 0.1) is 5.92 Å². The van der Waals surface area contributed by atoms with Gasteiger partial charge in [0.05, 0.1) is 10.0 Å². The molecule has 1 fully saturated rings. The number of aromatic nitrogens is 1. The molecule has 1 amide bonds. The van der Waals surface area contributed by atoms with Gasteiger partial charge in [-0.2, -0.15) is 0 Å². The highest BCUT2D eigenvalue weighted by Gasteiger charge is 2.24. The molecule has 1 aromatic carbocycles. The molecule has 5 nitrogen and oxygen atoms in total. The normalized spacial score (nSPS) is 16.7. The van der Waals surface area contributed by atoms with Crippen molar-refractivity contribution in [1.29, 1.82) is 0 Å². The third-order valence-electron chi connectivity index (χ3n) is 5.33. The molecule has 2 heterocycles. The molecule has 1 aromatic heterocycles. The number of nitrogens with zero attached hydrogens (tertiary/aromatic N) is 3. The number of piperazine rings is 1. The highest BCUT2D eigenvalue weighted by atomic mass is 35.5. The van der Waals surface area contributed by atoms with Gasteiger partial charge < -0.3 is 5.32 Å². The van der Waals surface area contributed by atoms with Crippen LogP contribution in [0.5, 0.6) is 0 Å². The molecule has 1 aliphatic heterocycles. The second-order valence-corrected chi connectivity index (χ2v) is 8.68. The van der Waals surface area contributed by atoms with Crippen molar-refractivity contribution in [2.45, 2.75) is 26.4 Å². The summed E-state index contributed by atoms with van der Waals surface area (Å²) < 4.78 is 0. The average molecular weight is 435 g/mol. The number of benzene rings is 1. The molecule has 2 aromatic rings. The van der Waals surface area contributed by atoms with E-state index in [2.05, 4.69) is 33.9 Å². The topological polar surface area (TPSA) is 48.5 Å². The van der Waals surface area contributed by atoms with Crippen molar-refractivity contribution >= 4 is 29.1 Å². The largest absolute Gasteiger partial charge is 0.346 e. The second-order valence-electron chi connectivity index (χ2n) is 7.86. The number of hydrogen-bond acceptors (Lipinski definition) is 4. The van der Waals surface area contributed by atoms with E-state index >= 15 is 0 Å². The van der Waals surface area contributed by atoms with Gasteiger partial charge in [0.25, 0.3) is 5.91 Å². The van der Waals surface area contributed by atoms with Crippen LogP contribution in [0.3, 0.4) is 0 Å². The maximum Gasteiger partial charge on any atom is 0.270 e. The summed E-state index contributed by atoms with van der Waals surface area (Å²) in [5.74, 6) is 0.236. The average Bonchev–Trinajstić information content (AvgIpc) is 2.72. The number of nitrogens with one attached hydrogen (secondary N) is 1. The highest BCUT2D eigenvalue weighted by molar-refractivity contribution is 6.42. The van der Waals surface area contributed by atoms with Crippen LogP contribution in [0.25, 0.3) is 0 Å². The summed E-state index contributed by atoms with van der Waals surface area (Å²) in [6.07, 6.45) is 1.65. The van der Waals surface area contributed by atoms with Gasteiger partial charge in [0, 0.05) is 51.5 Å².